The molecular weight excluding hydrogens is 261 g/mol. The van der Waals surface area contributed by atoms with E-state index in [1.807, 2.05) is 0 Å². The van der Waals surface area contributed by atoms with Crippen molar-refractivity contribution in [1.29, 1.82) is 0 Å². The van der Waals surface area contributed by atoms with Crippen molar-refractivity contribution in [3.05, 3.63) is 0 Å². The summed E-state index contributed by atoms with van der Waals surface area (Å²) in [6.45, 7) is 1.54. The zero-order valence-electron chi connectivity index (χ0n) is 6.72. The lowest BCUT2D eigenvalue weighted by atomic mass is 10.9. The molecule has 0 radical (unpaired) electrons. The third-order valence-corrected chi connectivity index (χ3v) is 7.08. The van der Waals surface area contributed by atoms with Crippen LogP contribution in [-0.4, -0.2) is 16.7 Å². The minimum Gasteiger partial charge on any atom is -0.327 e. The van der Waals surface area contributed by atoms with Gasteiger partial charge in [-0.3, -0.25) is 0 Å². The summed E-state index contributed by atoms with van der Waals surface area (Å²) in [6.07, 6.45) is 0. The minimum atomic E-state index is -2.77. The van der Waals surface area contributed by atoms with E-state index < -0.39 is 10.0 Å². The summed E-state index contributed by atoms with van der Waals surface area (Å²) in [4.78, 5) is 0. The van der Waals surface area contributed by atoms with Crippen LogP contribution in [0.3, 0.4) is 0 Å². The highest BCUT2D eigenvalue weighted by molar-refractivity contribution is 8.12. The van der Waals surface area contributed by atoms with E-state index >= 15 is 0 Å². The fourth-order valence-corrected chi connectivity index (χ4v) is 3.08. The maximum absolute atomic E-state index is 5.62. The van der Waals surface area contributed by atoms with Gasteiger partial charge in [-0.05, 0) is 25.7 Å². The zero-order chi connectivity index (χ0) is 9.83. The van der Waals surface area contributed by atoms with Crippen LogP contribution in [0.15, 0.2) is 0 Å². The molecule has 0 atom stereocenters. The summed E-state index contributed by atoms with van der Waals surface area (Å²) in [5.41, 5.74) is 0. The van der Waals surface area contributed by atoms with E-state index in [2.05, 4.69) is 0 Å². The molecule has 7 heteroatoms. The van der Waals surface area contributed by atoms with Crippen molar-refractivity contribution in [3.8, 4) is 0 Å². The molecular formula is C5H10Cl3O2PS. The van der Waals surface area contributed by atoms with E-state index in [4.69, 9.17) is 55.7 Å². The predicted octanol–water partition coefficient (Wildman–Crippen LogP) is 3.70. The summed E-state index contributed by atoms with van der Waals surface area (Å²) in [7, 11) is 0. The van der Waals surface area contributed by atoms with Crippen molar-refractivity contribution in [3.63, 3.8) is 0 Å². The average Bonchev–Trinajstić information content (AvgIpc) is 1.86. The van der Waals surface area contributed by atoms with Crippen molar-refractivity contribution < 1.29 is 9.05 Å². The predicted molar refractivity (Wildman–Crippen MR) is 57.8 cm³/mol. The van der Waals surface area contributed by atoms with Gasteiger partial charge in [0.2, 0.25) is 6.49 Å². The van der Waals surface area contributed by atoms with Crippen molar-refractivity contribution in [1.82, 2.24) is 0 Å². The van der Waals surface area contributed by atoms with Gasteiger partial charge in [0.15, 0.2) is 0 Å². The summed E-state index contributed by atoms with van der Waals surface area (Å²) in [5, 5.41) is 0. The number of rotatable bonds is 4. The molecule has 0 saturated carbocycles. The van der Waals surface area contributed by atoms with Crippen LogP contribution in [-0.2, 0) is 20.9 Å². The molecule has 12 heavy (non-hydrogen) atoms. The monoisotopic (exact) mass is 270 g/mol. The topological polar surface area (TPSA) is 18.5 Å². The fourth-order valence-electron chi connectivity index (χ4n) is 0.524. The Labute approximate surface area is 92.6 Å². The first-order valence-electron chi connectivity index (χ1n) is 3.33. The van der Waals surface area contributed by atoms with Crippen LogP contribution >= 0.6 is 41.3 Å². The Bertz CT molecular complexity index is 172. The van der Waals surface area contributed by atoms with Gasteiger partial charge >= 0.3 is 0 Å². The van der Waals surface area contributed by atoms with Crippen molar-refractivity contribution in [2.75, 3.05) is 13.2 Å². The van der Waals surface area contributed by atoms with Crippen LogP contribution in [0.2, 0.25) is 0 Å². The highest BCUT2D eigenvalue weighted by Gasteiger charge is 2.42. The molecule has 0 aromatic heterocycles. The molecule has 0 aliphatic rings. The molecule has 0 saturated heterocycles. The van der Waals surface area contributed by atoms with Crippen molar-refractivity contribution in [2.24, 2.45) is 0 Å². The van der Waals surface area contributed by atoms with E-state index in [0.717, 1.165) is 0 Å². The SMILES string of the molecule is CCOP(=S)(OCC)C(Cl)(Cl)Cl. The lowest BCUT2D eigenvalue weighted by molar-refractivity contribution is 0.266. The summed E-state index contributed by atoms with van der Waals surface area (Å²) < 4.78 is 8.64. The van der Waals surface area contributed by atoms with E-state index in [1.165, 1.54) is 0 Å². The Morgan fingerprint density at radius 3 is 1.67 bits per heavy atom. The molecule has 0 unspecified atom stereocenters. The smallest absolute Gasteiger partial charge is 0.265 e. The summed E-state index contributed by atoms with van der Waals surface area (Å²) in [5.74, 6) is 0. The van der Waals surface area contributed by atoms with Gasteiger partial charge in [0.05, 0.1) is 13.2 Å². The maximum Gasteiger partial charge on any atom is 0.265 e. The van der Waals surface area contributed by atoms with Crippen LogP contribution in [0, 0.1) is 0 Å². The first-order chi connectivity index (χ1) is 5.37. The molecule has 0 bridgehead atoms. The van der Waals surface area contributed by atoms with Crippen LogP contribution < -0.4 is 0 Å². The Hall–Kier alpha value is 1.44. The Morgan fingerprint density at radius 1 is 1.17 bits per heavy atom. The molecule has 0 N–H and O–H groups in total. The Kier molecular flexibility index (Phi) is 6.00. The molecule has 74 valence electrons. The average molecular weight is 272 g/mol. The van der Waals surface area contributed by atoms with E-state index in [9.17, 15) is 0 Å². The number of hydrogen-bond donors (Lipinski definition) is 0. The third kappa shape index (κ3) is 3.67. The van der Waals surface area contributed by atoms with Gasteiger partial charge in [0, 0.05) is 0 Å². The van der Waals surface area contributed by atoms with Gasteiger partial charge in [0.25, 0.3) is 3.53 Å². The Balaban J connectivity index is 4.51. The molecule has 0 aromatic rings. The van der Waals surface area contributed by atoms with Crippen LogP contribution in [0.4, 0.5) is 0 Å². The molecule has 0 amide bonds. The Morgan fingerprint density at radius 2 is 1.50 bits per heavy atom. The first kappa shape index (κ1) is 13.4. The lowest BCUT2D eigenvalue weighted by Crippen LogP contribution is -2.10. The standard InChI is InChI=1S/C5H10Cl3O2PS/c1-3-9-11(12,10-4-2)5(6,7)8/h3-4H2,1-2H3. The normalized spacial score (nSPS) is 13.4. The van der Waals surface area contributed by atoms with Crippen LogP contribution in [0.25, 0.3) is 0 Å². The van der Waals surface area contributed by atoms with Crippen molar-refractivity contribution in [2.45, 2.75) is 17.4 Å². The quantitative estimate of drug-likeness (QED) is 0.574. The van der Waals surface area contributed by atoms with Gasteiger partial charge < -0.3 is 9.05 Å². The van der Waals surface area contributed by atoms with Crippen LogP contribution in [0.5, 0.6) is 0 Å². The van der Waals surface area contributed by atoms with E-state index in [0.29, 0.717) is 13.2 Å². The minimum absolute atomic E-state index is 0.380. The zero-order valence-corrected chi connectivity index (χ0v) is 10.7. The second-order valence-electron chi connectivity index (χ2n) is 1.80. The highest BCUT2D eigenvalue weighted by Crippen LogP contribution is 2.66. The number of alkyl halides is 3. The molecule has 0 heterocycles. The lowest BCUT2D eigenvalue weighted by Gasteiger charge is -2.27. The molecule has 2 nitrogen and oxygen atoms in total. The molecule has 0 aliphatic heterocycles. The van der Waals surface area contributed by atoms with Gasteiger partial charge in [-0.2, -0.15) is 0 Å². The van der Waals surface area contributed by atoms with Gasteiger partial charge in [0.1, 0.15) is 0 Å². The van der Waals surface area contributed by atoms with Gasteiger partial charge in [-0.25, -0.2) is 0 Å². The number of halogens is 3. The largest absolute Gasteiger partial charge is 0.327 e. The molecule has 0 aromatic carbocycles. The molecule has 0 rings (SSSR count). The second kappa shape index (κ2) is 5.35. The van der Waals surface area contributed by atoms with Gasteiger partial charge in [-0.15, -0.1) is 0 Å². The van der Waals surface area contributed by atoms with Crippen molar-refractivity contribution >= 4 is 53.1 Å². The summed E-state index contributed by atoms with van der Waals surface area (Å²) >= 11 is 21.9. The van der Waals surface area contributed by atoms with Gasteiger partial charge in [-0.1, -0.05) is 34.8 Å². The molecule has 0 aliphatic carbocycles. The van der Waals surface area contributed by atoms with E-state index in [1.54, 1.807) is 13.8 Å². The summed E-state index contributed by atoms with van der Waals surface area (Å²) in [6, 6.07) is 0. The fraction of sp³-hybridized carbons (Fsp3) is 1.00. The molecule has 0 fully saturated rings. The highest BCUT2D eigenvalue weighted by atomic mass is 35.6. The van der Waals surface area contributed by atoms with Crippen LogP contribution in [0.1, 0.15) is 13.8 Å². The molecule has 0 spiro atoms. The van der Waals surface area contributed by atoms with E-state index in [-0.39, 0.29) is 0 Å². The maximum atomic E-state index is 5.62. The first-order valence-corrected chi connectivity index (χ1v) is 7.10. The number of hydrogen-bond acceptors (Lipinski definition) is 3. The third-order valence-electron chi connectivity index (χ3n) is 0.909. The second-order valence-corrected chi connectivity index (χ2v) is 8.50.